The maximum atomic E-state index is 12.1. The molecule has 4 heteroatoms. The van der Waals surface area contributed by atoms with Crippen LogP contribution in [0.3, 0.4) is 0 Å². The molecule has 2 aromatic rings. The van der Waals surface area contributed by atoms with Gasteiger partial charge in [0, 0.05) is 50.2 Å². The van der Waals surface area contributed by atoms with Crippen LogP contribution < -0.4 is 5.73 Å². The summed E-state index contributed by atoms with van der Waals surface area (Å²) >= 11 is 0. The van der Waals surface area contributed by atoms with Crippen molar-refractivity contribution in [1.29, 1.82) is 0 Å². The molecule has 0 saturated heterocycles. The van der Waals surface area contributed by atoms with Crippen molar-refractivity contribution in [3.05, 3.63) is 36.0 Å². The molecule has 102 valence electrons. The van der Waals surface area contributed by atoms with E-state index in [0.29, 0.717) is 13.1 Å². The highest BCUT2D eigenvalue weighted by Gasteiger charge is 2.17. The molecule has 0 spiro atoms. The van der Waals surface area contributed by atoms with Gasteiger partial charge in [0.2, 0.25) is 5.91 Å². The van der Waals surface area contributed by atoms with Gasteiger partial charge in [-0.05, 0) is 11.6 Å². The Labute approximate surface area is 113 Å². The zero-order chi connectivity index (χ0) is 14.0. The lowest BCUT2D eigenvalue weighted by atomic mass is 10.1. The van der Waals surface area contributed by atoms with Gasteiger partial charge < -0.3 is 15.2 Å². The monoisotopic (exact) mass is 259 g/mol. The number of carbonyl (C=O) groups excluding carboxylic acids is 1. The maximum Gasteiger partial charge on any atom is 0.226 e. The van der Waals surface area contributed by atoms with Crippen molar-refractivity contribution in [2.75, 3.05) is 13.6 Å². The Balaban J connectivity index is 2.24. The Bertz CT molecular complexity index is 588. The molecule has 0 fully saturated rings. The molecule has 1 unspecified atom stereocenters. The zero-order valence-electron chi connectivity index (χ0n) is 11.8. The standard InChI is InChI=1S/C15H21N3O/c1-11(8-16)15(19)18(3)10-12-9-17(2)14-7-5-4-6-13(12)14/h4-7,9,11H,8,10,16H2,1-3H3. The number of aromatic nitrogens is 1. The third kappa shape index (κ3) is 2.63. The molecule has 2 N–H and O–H groups in total. The fourth-order valence-corrected chi connectivity index (χ4v) is 2.36. The minimum atomic E-state index is -0.125. The van der Waals surface area contributed by atoms with E-state index < -0.39 is 0 Å². The first kappa shape index (κ1) is 13.6. The highest BCUT2D eigenvalue weighted by Crippen LogP contribution is 2.21. The number of aryl methyl sites for hydroxylation is 1. The van der Waals surface area contributed by atoms with Gasteiger partial charge in [-0.2, -0.15) is 0 Å². The summed E-state index contributed by atoms with van der Waals surface area (Å²) in [6.45, 7) is 2.87. The maximum absolute atomic E-state index is 12.1. The van der Waals surface area contributed by atoms with Crippen molar-refractivity contribution in [3.63, 3.8) is 0 Å². The summed E-state index contributed by atoms with van der Waals surface area (Å²) < 4.78 is 2.09. The summed E-state index contributed by atoms with van der Waals surface area (Å²) in [7, 11) is 3.85. The third-order valence-corrected chi connectivity index (χ3v) is 3.54. The molecule has 1 atom stereocenters. The van der Waals surface area contributed by atoms with Crippen molar-refractivity contribution in [1.82, 2.24) is 9.47 Å². The van der Waals surface area contributed by atoms with Crippen molar-refractivity contribution >= 4 is 16.8 Å². The molecular formula is C15H21N3O. The first-order chi connectivity index (χ1) is 9.04. The van der Waals surface area contributed by atoms with Crippen LogP contribution in [0.1, 0.15) is 12.5 Å². The van der Waals surface area contributed by atoms with E-state index in [4.69, 9.17) is 5.73 Å². The van der Waals surface area contributed by atoms with E-state index in [1.165, 1.54) is 10.9 Å². The normalized spacial score (nSPS) is 12.6. The smallest absolute Gasteiger partial charge is 0.226 e. The van der Waals surface area contributed by atoms with Crippen molar-refractivity contribution in [2.45, 2.75) is 13.5 Å². The molecule has 19 heavy (non-hydrogen) atoms. The van der Waals surface area contributed by atoms with Gasteiger partial charge in [-0.25, -0.2) is 0 Å². The molecule has 2 rings (SSSR count). The van der Waals surface area contributed by atoms with Gasteiger partial charge in [-0.1, -0.05) is 25.1 Å². The number of amides is 1. The van der Waals surface area contributed by atoms with Crippen molar-refractivity contribution < 1.29 is 4.79 Å². The summed E-state index contributed by atoms with van der Waals surface area (Å²) in [4.78, 5) is 13.8. The third-order valence-electron chi connectivity index (χ3n) is 3.54. The van der Waals surface area contributed by atoms with E-state index in [2.05, 4.69) is 22.9 Å². The Morgan fingerprint density at radius 3 is 2.79 bits per heavy atom. The van der Waals surface area contributed by atoms with Gasteiger partial charge in [0.05, 0.1) is 0 Å². The Kier molecular flexibility index (Phi) is 3.90. The number of nitrogens with two attached hydrogens (primary N) is 1. The molecule has 1 aromatic heterocycles. The average molecular weight is 259 g/mol. The quantitative estimate of drug-likeness (QED) is 0.909. The minimum Gasteiger partial charge on any atom is -0.350 e. The highest BCUT2D eigenvalue weighted by atomic mass is 16.2. The number of hydrogen-bond donors (Lipinski definition) is 1. The lowest BCUT2D eigenvalue weighted by Crippen LogP contribution is -2.34. The van der Waals surface area contributed by atoms with E-state index in [1.807, 2.05) is 33.2 Å². The summed E-state index contributed by atoms with van der Waals surface area (Å²) in [5.74, 6) is -0.0320. The fraction of sp³-hybridized carbons (Fsp3) is 0.400. The van der Waals surface area contributed by atoms with Crippen LogP contribution in [-0.4, -0.2) is 29.0 Å². The van der Waals surface area contributed by atoms with Crippen LogP contribution in [0.4, 0.5) is 0 Å². The van der Waals surface area contributed by atoms with Crippen LogP contribution in [0.2, 0.25) is 0 Å². The summed E-state index contributed by atoms with van der Waals surface area (Å²) in [6, 6.07) is 8.23. The number of para-hydroxylation sites is 1. The topological polar surface area (TPSA) is 51.3 Å². The van der Waals surface area contributed by atoms with Crippen LogP contribution in [0, 0.1) is 5.92 Å². The van der Waals surface area contributed by atoms with Gasteiger partial charge in [-0.3, -0.25) is 4.79 Å². The molecule has 1 amide bonds. The minimum absolute atomic E-state index is 0.0930. The molecule has 0 aliphatic rings. The second-order valence-corrected chi connectivity index (χ2v) is 5.11. The number of hydrogen-bond acceptors (Lipinski definition) is 2. The number of carbonyl (C=O) groups is 1. The van der Waals surface area contributed by atoms with Crippen LogP contribution in [0.15, 0.2) is 30.5 Å². The van der Waals surface area contributed by atoms with Crippen LogP contribution in [0.5, 0.6) is 0 Å². The van der Waals surface area contributed by atoms with Crippen LogP contribution >= 0.6 is 0 Å². The summed E-state index contributed by atoms with van der Waals surface area (Å²) in [5, 5.41) is 1.20. The van der Waals surface area contributed by atoms with E-state index in [1.54, 1.807) is 4.90 Å². The Morgan fingerprint density at radius 2 is 2.11 bits per heavy atom. The molecule has 1 aromatic carbocycles. The molecule has 1 heterocycles. The van der Waals surface area contributed by atoms with E-state index in [9.17, 15) is 4.79 Å². The fourth-order valence-electron chi connectivity index (χ4n) is 2.36. The lowest BCUT2D eigenvalue weighted by molar-refractivity contribution is -0.133. The Morgan fingerprint density at radius 1 is 1.42 bits per heavy atom. The van der Waals surface area contributed by atoms with Crippen LogP contribution in [0.25, 0.3) is 10.9 Å². The average Bonchev–Trinajstić information content (AvgIpc) is 2.74. The van der Waals surface area contributed by atoms with Crippen LogP contribution in [-0.2, 0) is 18.4 Å². The molecule has 0 saturated carbocycles. The second kappa shape index (κ2) is 5.45. The van der Waals surface area contributed by atoms with Gasteiger partial charge in [-0.15, -0.1) is 0 Å². The van der Waals surface area contributed by atoms with Crippen molar-refractivity contribution in [2.24, 2.45) is 18.7 Å². The molecular weight excluding hydrogens is 238 g/mol. The number of nitrogens with zero attached hydrogens (tertiary/aromatic N) is 2. The van der Waals surface area contributed by atoms with E-state index >= 15 is 0 Å². The first-order valence-electron chi connectivity index (χ1n) is 6.52. The van der Waals surface area contributed by atoms with Gasteiger partial charge >= 0.3 is 0 Å². The van der Waals surface area contributed by atoms with E-state index in [-0.39, 0.29) is 11.8 Å². The Hall–Kier alpha value is -1.81. The number of rotatable bonds is 4. The number of benzene rings is 1. The van der Waals surface area contributed by atoms with Crippen molar-refractivity contribution in [3.8, 4) is 0 Å². The van der Waals surface area contributed by atoms with Gasteiger partial charge in [0.15, 0.2) is 0 Å². The molecule has 4 nitrogen and oxygen atoms in total. The molecule has 0 bridgehead atoms. The predicted octanol–water partition coefficient (Wildman–Crippen LogP) is 1.73. The van der Waals surface area contributed by atoms with E-state index in [0.717, 1.165) is 5.56 Å². The highest BCUT2D eigenvalue weighted by molar-refractivity contribution is 5.85. The first-order valence-corrected chi connectivity index (χ1v) is 6.52. The summed E-state index contributed by atoms with van der Waals surface area (Å²) in [5.41, 5.74) is 7.90. The molecule has 0 radical (unpaired) electrons. The van der Waals surface area contributed by atoms with Gasteiger partial charge in [0.1, 0.15) is 0 Å². The predicted molar refractivity (Wildman–Crippen MR) is 77.6 cm³/mol. The summed E-state index contributed by atoms with van der Waals surface area (Å²) in [6.07, 6.45) is 2.08. The second-order valence-electron chi connectivity index (χ2n) is 5.11. The van der Waals surface area contributed by atoms with Gasteiger partial charge in [0.25, 0.3) is 0 Å². The largest absolute Gasteiger partial charge is 0.350 e. The SMILES string of the molecule is CC(CN)C(=O)N(C)Cc1cn(C)c2ccccc12. The molecule has 0 aliphatic heterocycles. The molecule has 0 aliphatic carbocycles. The lowest BCUT2D eigenvalue weighted by Gasteiger charge is -2.20. The zero-order valence-corrected chi connectivity index (χ0v) is 11.8. The number of fused-ring (bicyclic) bond motifs is 1.